The zero-order valence-electron chi connectivity index (χ0n) is 10.2. The molecule has 0 rings (SSSR count). The van der Waals surface area contributed by atoms with Gasteiger partial charge >= 0.3 is 5.97 Å². The molecule has 0 radical (unpaired) electrons. The summed E-state index contributed by atoms with van der Waals surface area (Å²) in [6.07, 6.45) is 1.24. The van der Waals surface area contributed by atoms with E-state index in [1.165, 1.54) is 6.92 Å². The smallest absolute Gasteiger partial charge is 0.328 e. The zero-order chi connectivity index (χ0) is 12.6. The van der Waals surface area contributed by atoms with Gasteiger partial charge in [0, 0.05) is 13.5 Å². The summed E-state index contributed by atoms with van der Waals surface area (Å²) < 4.78 is 5.00. The number of ether oxygens (including phenoxy) is 1. The lowest BCUT2D eigenvalue weighted by Crippen LogP contribution is -2.44. The molecule has 0 aliphatic heterocycles. The molecule has 0 bridgehead atoms. The summed E-state index contributed by atoms with van der Waals surface area (Å²) in [4.78, 5) is 22.5. The van der Waals surface area contributed by atoms with Gasteiger partial charge in [-0.25, -0.2) is 4.79 Å². The molecule has 0 fully saturated rings. The highest BCUT2D eigenvalue weighted by Crippen LogP contribution is 2.04. The van der Waals surface area contributed by atoms with Gasteiger partial charge in [-0.3, -0.25) is 4.79 Å². The number of rotatable bonds is 7. The molecule has 0 saturated carbocycles. The first-order valence-corrected chi connectivity index (χ1v) is 5.53. The molecule has 0 aliphatic carbocycles. The summed E-state index contributed by atoms with van der Waals surface area (Å²) in [5.74, 6) is -0.664. The molecule has 2 N–H and O–H groups in total. The van der Waals surface area contributed by atoms with Crippen molar-refractivity contribution in [2.75, 3.05) is 13.2 Å². The maximum absolute atomic E-state index is 11.6. The van der Waals surface area contributed by atoms with Crippen LogP contribution in [0.15, 0.2) is 0 Å². The molecule has 1 amide bonds. The van der Waals surface area contributed by atoms with Crippen LogP contribution in [0.25, 0.3) is 0 Å². The molecule has 5 nitrogen and oxygen atoms in total. The van der Waals surface area contributed by atoms with Crippen LogP contribution in [0.3, 0.4) is 0 Å². The fraction of sp³-hybridized carbons (Fsp3) is 0.818. The fourth-order valence-electron chi connectivity index (χ4n) is 1.19. The van der Waals surface area contributed by atoms with E-state index in [0.29, 0.717) is 12.8 Å². The number of aliphatic hydroxyl groups is 1. The number of esters is 1. The second-order valence-electron chi connectivity index (χ2n) is 4.02. The number of carbonyl (C=O) groups excluding carboxylic acids is 2. The lowest BCUT2D eigenvalue weighted by atomic mass is 10.0. The van der Waals surface area contributed by atoms with Crippen molar-refractivity contribution in [2.45, 2.75) is 39.7 Å². The predicted octanol–water partition coefficient (Wildman–Crippen LogP) is 0.463. The molecule has 0 heterocycles. The summed E-state index contributed by atoms with van der Waals surface area (Å²) in [5.41, 5.74) is 0. The van der Waals surface area contributed by atoms with Crippen LogP contribution in [-0.4, -0.2) is 36.2 Å². The Hall–Kier alpha value is -1.10. The van der Waals surface area contributed by atoms with E-state index in [9.17, 15) is 9.59 Å². The average molecular weight is 231 g/mol. The summed E-state index contributed by atoms with van der Waals surface area (Å²) >= 11 is 0. The Kier molecular flexibility index (Phi) is 7.54. The van der Waals surface area contributed by atoms with Gasteiger partial charge in [0.15, 0.2) is 0 Å². The summed E-state index contributed by atoms with van der Waals surface area (Å²) in [7, 11) is 0. The summed E-state index contributed by atoms with van der Waals surface area (Å²) in [6, 6.07) is -0.591. The maximum atomic E-state index is 11.6. The number of amides is 1. The van der Waals surface area contributed by atoms with Crippen LogP contribution >= 0.6 is 0 Å². The van der Waals surface area contributed by atoms with Crippen LogP contribution < -0.4 is 5.32 Å². The molecule has 16 heavy (non-hydrogen) atoms. The first-order valence-electron chi connectivity index (χ1n) is 5.53. The van der Waals surface area contributed by atoms with Crippen LogP contribution in [-0.2, 0) is 14.3 Å². The number of carbonyl (C=O) groups is 2. The third-order valence-corrected chi connectivity index (χ3v) is 2.08. The summed E-state index contributed by atoms with van der Waals surface area (Å²) in [6.45, 7) is 5.43. The van der Waals surface area contributed by atoms with Gasteiger partial charge in [-0.15, -0.1) is 0 Å². The van der Waals surface area contributed by atoms with Crippen molar-refractivity contribution in [1.29, 1.82) is 0 Å². The van der Waals surface area contributed by atoms with Gasteiger partial charge < -0.3 is 15.2 Å². The zero-order valence-corrected chi connectivity index (χ0v) is 10.2. The minimum Gasteiger partial charge on any atom is -0.464 e. The fourth-order valence-corrected chi connectivity index (χ4v) is 1.19. The number of unbranched alkanes of at least 4 members (excludes halogenated alkanes) is 1. The van der Waals surface area contributed by atoms with Crippen molar-refractivity contribution >= 4 is 11.9 Å². The molecular weight excluding hydrogens is 210 g/mol. The number of hydrogen-bond donors (Lipinski definition) is 2. The Balaban J connectivity index is 4.02. The van der Waals surface area contributed by atoms with Crippen molar-refractivity contribution in [1.82, 2.24) is 5.32 Å². The molecule has 5 heteroatoms. The highest BCUT2D eigenvalue weighted by Gasteiger charge is 2.24. The van der Waals surface area contributed by atoms with Crippen LogP contribution in [0.1, 0.15) is 33.6 Å². The average Bonchev–Trinajstić information content (AvgIpc) is 2.20. The first-order chi connectivity index (χ1) is 7.49. The molecule has 0 saturated heterocycles. The van der Waals surface area contributed by atoms with Crippen molar-refractivity contribution in [2.24, 2.45) is 5.92 Å². The SMILES string of the molecule is CC(=O)NC(C(=O)OCCCCO)C(C)C. The number of nitrogens with one attached hydrogen (secondary N) is 1. The minimum atomic E-state index is -0.591. The van der Waals surface area contributed by atoms with Crippen molar-refractivity contribution in [3.8, 4) is 0 Å². The molecule has 0 aliphatic rings. The number of aliphatic hydroxyl groups excluding tert-OH is 1. The third-order valence-electron chi connectivity index (χ3n) is 2.08. The maximum Gasteiger partial charge on any atom is 0.328 e. The highest BCUT2D eigenvalue weighted by molar-refractivity contribution is 5.83. The van der Waals surface area contributed by atoms with E-state index in [4.69, 9.17) is 9.84 Å². The second kappa shape index (κ2) is 8.10. The predicted molar refractivity (Wildman–Crippen MR) is 59.7 cm³/mol. The topological polar surface area (TPSA) is 75.6 Å². The summed E-state index contributed by atoms with van der Waals surface area (Å²) in [5, 5.41) is 11.1. The van der Waals surface area contributed by atoms with E-state index in [1.807, 2.05) is 13.8 Å². The lowest BCUT2D eigenvalue weighted by Gasteiger charge is -2.19. The monoisotopic (exact) mass is 231 g/mol. The van der Waals surface area contributed by atoms with Crippen molar-refractivity contribution in [3.63, 3.8) is 0 Å². The molecule has 94 valence electrons. The van der Waals surface area contributed by atoms with Crippen LogP contribution in [0.2, 0.25) is 0 Å². The molecule has 0 spiro atoms. The van der Waals surface area contributed by atoms with Gasteiger partial charge in [-0.2, -0.15) is 0 Å². The van der Waals surface area contributed by atoms with E-state index in [-0.39, 0.29) is 25.0 Å². The highest BCUT2D eigenvalue weighted by atomic mass is 16.5. The molecule has 0 aromatic rings. The van der Waals surface area contributed by atoms with Gasteiger partial charge in [0.2, 0.25) is 5.91 Å². The standard InChI is InChI=1S/C11H21NO4/c1-8(2)10(12-9(3)14)11(15)16-7-5-4-6-13/h8,10,13H,4-7H2,1-3H3,(H,12,14). The van der Waals surface area contributed by atoms with Crippen molar-refractivity contribution in [3.05, 3.63) is 0 Å². The Morgan fingerprint density at radius 3 is 2.38 bits per heavy atom. The Bertz CT molecular complexity index is 228. The largest absolute Gasteiger partial charge is 0.464 e. The van der Waals surface area contributed by atoms with Gasteiger partial charge in [0.25, 0.3) is 0 Å². The normalized spacial score (nSPS) is 12.3. The minimum absolute atomic E-state index is 0.00533. The van der Waals surface area contributed by atoms with E-state index in [2.05, 4.69) is 5.32 Å². The van der Waals surface area contributed by atoms with E-state index < -0.39 is 12.0 Å². The molecule has 1 atom stereocenters. The van der Waals surface area contributed by atoms with Crippen LogP contribution in [0.4, 0.5) is 0 Å². The van der Waals surface area contributed by atoms with Crippen LogP contribution in [0, 0.1) is 5.92 Å². The first kappa shape index (κ1) is 14.9. The van der Waals surface area contributed by atoms with Gasteiger partial charge in [-0.1, -0.05) is 13.8 Å². The Morgan fingerprint density at radius 2 is 1.94 bits per heavy atom. The molecule has 0 aromatic heterocycles. The Morgan fingerprint density at radius 1 is 1.31 bits per heavy atom. The van der Waals surface area contributed by atoms with E-state index in [0.717, 1.165) is 0 Å². The quantitative estimate of drug-likeness (QED) is 0.493. The lowest BCUT2D eigenvalue weighted by molar-refractivity contribution is -0.149. The van der Waals surface area contributed by atoms with Crippen LogP contribution in [0.5, 0.6) is 0 Å². The molecular formula is C11H21NO4. The van der Waals surface area contributed by atoms with Gasteiger partial charge in [0.1, 0.15) is 6.04 Å². The van der Waals surface area contributed by atoms with Crippen molar-refractivity contribution < 1.29 is 19.4 Å². The Labute approximate surface area is 96.2 Å². The van der Waals surface area contributed by atoms with E-state index >= 15 is 0 Å². The van der Waals surface area contributed by atoms with Gasteiger partial charge in [-0.05, 0) is 18.8 Å². The van der Waals surface area contributed by atoms with E-state index in [1.54, 1.807) is 0 Å². The molecule has 0 aromatic carbocycles. The van der Waals surface area contributed by atoms with Gasteiger partial charge in [0.05, 0.1) is 6.61 Å². The molecule has 1 unspecified atom stereocenters. The second-order valence-corrected chi connectivity index (χ2v) is 4.02. The number of hydrogen-bond acceptors (Lipinski definition) is 4. The third kappa shape index (κ3) is 6.40.